The highest BCUT2D eigenvalue weighted by Gasteiger charge is 2.23. The lowest BCUT2D eigenvalue weighted by molar-refractivity contribution is -0.139. The van der Waals surface area contributed by atoms with Crippen molar-refractivity contribution < 1.29 is 18.8 Å². The van der Waals surface area contributed by atoms with Gasteiger partial charge in [0, 0.05) is 18.7 Å². The number of ether oxygens (including phenoxy) is 1. The van der Waals surface area contributed by atoms with E-state index in [1.54, 1.807) is 0 Å². The van der Waals surface area contributed by atoms with Crippen molar-refractivity contribution in [1.82, 2.24) is 15.0 Å². The zero-order chi connectivity index (χ0) is 16.9. The van der Waals surface area contributed by atoms with Gasteiger partial charge in [-0.3, -0.25) is 9.59 Å². The van der Waals surface area contributed by atoms with Crippen molar-refractivity contribution in [2.24, 2.45) is 0 Å². The summed E-state index contributed by atoms with van der Waals surface area (Å²) < 4.78 is 10.3. The number of carbonyl (C=O) groups is 2. The molecule has 2 heterocycles. The first-order valence-corrected chi connectivity index (χ1v) is 7.70. The second-order valence-corrected chi connectivity index (χ2v) is 5.41. The van der Waals surface area contributed by atoms with Gasteiger partial charge < -0.3 is 19.5 Å². The van der Waals surface area contributed by atoms with Gasteiger partial charge in [-0.15, -0.1) is 0 Å². The van der Waals surface area contributed by atoms with E-state index >= 15 is 0 Å². The average molecular weight is 330 g/mol. The maximum atomic E-state index is 12.3. The molecule has 126 valence electrons. The molecule has 8 nitrogen and oxygen atoms in total. The molecule has 0 saturated carbocycles. The van der Waals surface area contributed by atoms with E-state index in [9.17, 15) is 9.59 Å². The van der Waals surface area contributed by atoms with Crippen LogP contribution in [0, 0.1) is 0 Å². The van der Waals surface area contributed by atoms with Crippen LogP contribution in [0.25, 0.3) is 0 Å². The van der Waals surface area contributed by atoms with E-state index in [4.69, 9.17) is 9.26 Å². The number of aryl methyl sites for hydroxylation is 1. The summed E-state index contributed by atoms with van der Waals surface area (Å²) in [7, 11) is 0. The molecule has 1 aliphatic heterocycles. The summed E-state index contributed by atoms with van der Waals surface area (Å²) >= 11 is 0. The number of hydrogen-bond donors (Lipinski definition) is 1. The number of para-hydroxylation sites is 1. The van der Waals surface area contributed by atoms with Crippen molar-refractivity contribution in [1.29, 1.82) is 0 Å². The van der Waals surface area contributed by atoms with Crippen molar-refractivity contribution in [3.05, 3.63) is 41.5 Å². The number of benzene rings is 1. The Morgan fingerprint density at radius 1 is 1.38 bits per heavy atom. The topological polar surface area (TPSA) is 97.6 Å². The Kier molecular flexibility index (Phi) is 4.85. The summed E-state index contributed by atoms with van der Waals surface area (Å²) in [4.78, 5) is 29.8. The highest BCUT2D eigenvalue weighted by Crippen LogP contribution is 2.20. The lowest BCUT2D eigenvalue weighted by Crippen LogP contribution is -2.37. The zero-order valence-electron chi connectivity index (χ0n) is 13.3. The van der Waals surface area contributed by atoms with Gasteiger partial charge in [0.15, 0.2) is 5.82 Å². The molecule has 8 heteroatoms. The van der Waals surface area contributed by atoms with Crippen molar-refractivity contribution in [3.63, 3.8) is 0 Å². The molecule has 0 bridgehead atoms. The largest absolute Gasteiger partial charge is 0.362 e. The highest BCUT2D eigenvalue weighted by molar-refractivity contribution is 5.96. The van der Waals surface area contributed by atoms with Gasteiger partial charge in [-0.2, -0.15) is 4.98 Å². The number of fused-ring (bicyclic) bond motifs is 1. The molecule has 0 fully saturated rings. The fourth-order valence-corrected chi connectivity index (χ4v) is 2.39. The Balaban J connectivity index is 1.57. The van der Waals surface area contributed by atoms with E-state index in [0.717, 1.165) is 11.3 Å². The SMILES string of the molecule is CCc1noc(COCC(=O)N2CC(=O)Nc3ccccc3C2)n1. The molecule has 0 saturated heterocycles. The smallest absolute Gasteiger partial charge is 0.252 e. The molecule has 0 spiro atoms. The molecule has 1 aliphatic rings. The summed E-state index contributed by atoms with van der Waals surface area (Å²) in [5.74, 6) is 0.439. The van der Waals surface area contributed by atoms with E-state index < -0.39 is 0 Å². The molecule has 1 aromatic carbocycles. The van der Waals surface area contributed by atoms with Crippen molar-refractivity contribution in [2.45, 2.75) is 26.5 Å². The van der Waals surface area contributed by atoms with E-state index in [2.05, 4.69) is 15.5 Å². The number of aromatic nitrogens is 2. The number of carbonyl (C=O) groups excluding carboxylic acids is 2. The van der Waals surface area contributed by atoms with Crippen molar-refractivity contribution >= 4 is 17.5 Å². The Morgan fingerprint density at radius 2 is 2.21 bits per heavy atom. The summed E-state index contributed by atoms with van der Waals surface area (Å²) in [6, 6.07) is 7.41. The monoisotopic (exact) mass is 330 g/mol. The maximum absolute atomic E-state index is 12.3. The van der Waals surface area contributed by atoms with E-state index in [1.807, 2.05) is 31.2 Å². The molecule has 1 N–H and O–H groups in total. The van der Waals surface area contributed by atoms with Crippen molar-refractivity contribution in [3.8, 4) is 0 Å². The maximum Gasteiger partial charge on any atom is 0.252 e. The zero-order valence-corrected chi connectivity index (χ0v) is 13.3. The third-order valence-electron chi connectivity index (χ3n) is 3.62. The minimum Gasteiger partial charge on any atom is -0.362 e. The normalized spacial score (nSPS) is 14.0. The standard InChI is InChI=1S/C16H18N4O4/c1-2-13-18-15(24-19-13)9-23-10-16(22)20-7-11-5-3-4-6-12(11)17-14(21)8-20/h3-6H,2,7-10H2,1H3,(H,17,21). The van der Waals surface area contributed by atoms with Gasteiger partial charge in [0.1, 0.15) is 19.8 Å². The number of anilines is 1. The van der Waals surface area contributed by atoms with Crippen LogP contribution in [0.3, 0.4) is 0 Å². The summed E-state index contributed by atoms with van der Waals surface area (Å²) in [6.45, 7) is 2.19. The minimum absolute atomic E-state index is 0.00257. The van der Waals surface area contributed by atoms with Gasteiger partial charge in [0.05, 0.1) is 0 Å². The van der Waals surface area contributed by atoms with Crippen LogP contribution < -0.4 is 5.32 Å². The van der Waals surface area contributed by atoms with Crippen LogP contribution in [0.2, 0.25) is 0 Å². The summed E-state index contributed by atoms with van der Waals surface area (Å²) in [6.07, 6.45) is 0.671. The molecule has 0 aliphatic carbocycles. The Labute approximate surface area is 138 Å². The van der Waals surface area contributed by atoms with Gasteiger partial charge in [-0.25, -0.2) is 0 Å². The fourth-order valence-electron chi connectivity index (χ4n) is 2.39. The Bertz CT molecular complexity index is 743. The quantitative estimate of drug-likeness (QED) is 0.882. The summed E-state index contributed by atoms with van der Waals surface area (Å²) in [5.41, 5.74) is 1.62. The molecule has 0 unspecified atom stereocenters. The van der Waals surface area contributed by atoms with Crippen molar-refractivity contribution in [2.75, 3.05) is 18.5 Å². The molecule has 3 rings (SSSR count). The first-order chi connectivity index (χ1) is 11.7. The van der Waals surface area contributed by atoms with Crippen LogP contribution in [0.1, 0.15) is 24.2 Å². The van der Waals surface area contributed by atoms with E-state index in [1.165, 1.54) is 4.90 Å². The number of rotatable bonds is 5. The van der Waals surface area contributed by atoms with E-state index in [0.29, 0.717) is 24.7 Å². The number of nitrogens with zero attached hydrogens (tertiary/aromatic N) is 3. The van der Waals surface area contributed by atoms with Gasteiger partial charge in [-0.05, 0) is 11.6 Å². The van der Waals surface area contributed by atoms with E-state index in [-0.39, 0.29) is 31.6 Å². The predicted molar refractivity (Wildman–Crippen MR) is 83.8 cm³/mol. The molecule has 0 atom stereocenters. The fraction of sp³-hybridized carbons (Fsp3) is 0.375. The first kappa shape index (κ1) is 16.1. The molecule has 2 aromatic rings. The summed E-state index contributed by atoms with van der Waals surface area (Å²) in [5, 5.41) is 6.55. The van der Waals surface area contributed by atoms with Gasteiger partial charge in [0.2, 0.25) is 11.8 Å². The van der Waals surface area contributed by atoms with Crippen LogP contribution in [-0.2, 0) is 33.9 Å². The Hall–Kier alpha value is -2.74. The second-order valence-electron chi connectivity index (χ2n) is 5.41. The third-order valence-corrected chi connectivity index (χ3v) is 3.62. The van der Waals surface area contributed by atoms with Gasteiger partial charge in [0.25, 0.3) is 5.89 Å². The van der Waals surface area contributed by atoms with Crippen LogP contribution in [0.5, 0.6) is 0 Å². The van der Waals surface area contributed by atoms with Gasteiger partial charge >= 0.3 is 0 Å². The number of nitrogens with one attached hydrogen (secondary N) is 1. The molecule has 24 heavy (non-hydrogen) atoms. The van der Waals surface area contributed by atoms with Crippen LogP contribution in [0.15, 0.2) is 28.8 Å². The van der Waals surface area contributed by atoms with Gasteiger partial charge in [-0.1, -0.05) is 30.3 Å². The lowest BCUT2D eigenvalue weighted by atomic mass is 10.2. The molecule has 2 amide bonds. The second kappa shape index (κ2) is 7.22. The first-order valence-electron chi connectivity index (χ1n) is 7.70. The minimum atomic E-state index is -0.267. The molecule has 0 radical (unpaired) electrons. The van der Waals surface area contributed by atoms with Crippen LogP contribution in [0.4, 0.5) is 5.69 Å². The van der Waals surface area contributed by atoms with Crippen LogP contribution in [-0.4, -0.2) is 40.0 Å². The Morgan fingerprint density at radius 3 is 3.00 bits per heavy atom. The predicted octanol–water partition coefficient (Wildman–Crippen LogP) is 1.13. The number of amides is 2. The molecular weight excluding hydrogens is 312 g/mol. The highest BCUT2D eigenvalue weighted by atomic mass is 16.5. The third kappa shape index (κ3) is 3.77. The average Bonchev–Trinajstić information content (AvgIpc) is 2.96. The molecule has 1 aromatic heterocycles. The molecular formula is C16H18N4O4. The number of hydrogen-bond acceptors (Lipinski definition) is 6. The van der Waals surface area contributed by atoms with Crippen LogP contribution >= 0.6 is 0 Å². The lowest BCUT2D eigenvalue weighted by Gasteiger charge is -2.19.